The largest absolute Gasteiger partial charge is 0.396 e. The Morgan fingerprint density at radius 3 is 0.980 bits per heavy atom. The molecule has 0 saturated carbocycles. The Bertz CT molecular complexity index is 2390. The van der Waals surface area contributed by atoms with Crippen molar-refractivity contribution in [3.05, 3.63) is 0 Å². The number of unbranched alkanes of at least 4 members (excludes halogenated alkanes) is 2. The highest BCUT2D eigenvalue weighted by atomic mass is 16.7. The Labute approximate surface area is 579 Å². The molecule has 0 aliphatic carbocycles. The Kier molecular flexibility index (Phi) is 44.7. The third-order valence-corrected chi connectivity index (χ3v) is 17.1. The summed E-state index contributed by atoms with van der Waals surface area (Å²) in [6.45, 7) is 5.61. The number of carbonyl (C=O) groups is 14. The molecule has 562 valence electrons. The number of carbonyl (C=O) groups excluding carboxylic acids is 14. The van der Waals surface area contributed by atoms with Crippen LogP contribution in [0.3, 0.4) is 0 Å². The lowest BCUT2D eigenvalue weighted by atomic mass is 9.76. The molecular formula is C67H110N8O24. The fourth-order valence-corrected chi connectivity index (χ4v) is 11.6. The SMILES string of the molecule is O=C(CCCC(=O)ON1C(=O)CCC1=O)NCCCCOCC(CCCO)(CCCO)CCCOCCNC(=O)CCCC(=O)ON1C(=O)CCC1=O.O=C(CCCN1C(=O)CCC1=O)NCCCCOCC(CCCO)(CCCO)CCCOCCNC(=O)CCN1C(=O)CCC1=O. The zero-order valence-electron chi connectivity index (χ0n) is 57.8. The molecule has 0 unspecified atom stereocenters. The average molecular weight is 1410 g/mol. The van der Waals surface area contributed by atoms with Gasteiger partial charge in [-0.3, -0.25) is 67.3 Å². The van der Waals surface area contributed by atoms with Gasteiger partial charge in [-0.2, -0.15) is 0 Å². The van der Waals surface area contributed by atoms with Gasteiger partial charge in [-0.15, -0.1) is 10.1 Å². The van der Waals surface area contributed by atoms with Gasteiger partial charge in [0.25, 0.3) is 23.6 Å². The van der Waals surface area contributed by atoms with Crippen molar-refractivity contribution in [2.24, 2.45) is 10.8 Å². The molecule has 0 spiro atoms. The van der Waals surface area contributed by atoms with Crippen LogP contribution in [0.2, 0.25) is 0 Å². The summed E-state index contributed by atoms with van der Waals surface area (Å²) < 4.78 is 23.5. The molecule has 0 radical (unpaired) electrons. The van der Waals surface area contributed by atoms with Crippen molar-refractivity contribution in [2.45, 2.75) is 212 Å². The molecule has 32 heteroatoms. The third kappa shape index (κ3) is 36.8. The molecule has 4 heterocycles. The van der Waals surface area contributed by atoms with E-state index in [0.29, 0.717) is 140 Å². The van der Waals surface area contributed by atoms with Crippen molar-refractivity contribution in [3.8, 4) is 0 Å². The Morgan fingerprint density at radius 2 is 0.616 bits per heavy atom. The summed E-state index contributed by atoms with van der Waals surface area (Å²) in [5.74, 6) is -5.36. The van der Waals surface area contributed by atoms with E-state index in [1.807, 2.05) is 0 Å². The first-order chi connectivity index (χ1) is 47.7. The molecule has 0 atom stereocenters. The monoisotopic (exact) mass is 1410 g/mol. The summed E-state index contributed by atoms with van der Waals surface area (Å²) >= 11 is 0. The van der Waals surface area contributed by atoms with Crippen molar-refractivity contribution in [1.82, 2.24) is 41.2 Å². The van der Waals surface area contributed by atoms with Crippen LogP contribution >= 0.6 is 0 Å². The van der Waals surface area contributed by atoms with Gasteiger partial charge in [0.1, 0.15) is 0 Å². The number of ether oxygens (including phenoxy) is 4. The first-order valence-corrected chi connectivity index (χ1v) is 35.3. The second kappa shape index (κ2) is 51.2. The summed E-state index contributed by atoms with van der Waals surface area (Å²) in [5, 5.41) is 50.1. The van der Waals surface area contributed by atoms with Gasteiger partial charge < -0.3 is 70.3 Å². The number of hydroxylamine groups is 4. The molecule has 12 amide bonds. The number of rotatable bonds is 57. The lowest BCUT2D eigenvalue weighted by Gasteiger charge is -2.34. The van der Waals surface area contributed by atoms with E-state index in [9.17, 15) is 87.5 Å². The van der Waals surface area contributed by atoms with Gasteiger partial charge in [0.2, 0.25) is 47.3 Å². The highest BCUT2D eigenvalue weighted by Crippen LogP contribution is 2.37. The molecule has 4 saturated heterocycles. The maximum Gasteiger partial charge on any atom is 0.333 e. The van der Waals surface area contributed by atoms with E-state index in [0.717, 1.165) is 49.8 Å². The third-order valence-electron chi connectivity index (χ3n) is 17.1. The van der Waals surface area contributed by atoms with Gasteiger partial charge in [0.15, 0.2) is 0 Å². The van der Waals surface area contributed by atoms with Crippen LogP contribution in [0.15, 0.2) is 0 Å². The molecule has 4 aliphatic heterocycles. The van der Waals surface area contributed by atoms with Gasteiger partial charge in [-0.05, 0) is 133 Å². The molecule has 0 aromatic rings. The lowest BCUT2D eigenvalue weighted by Crippen LogP contribution is -2.35. The van der Waals surface area contributed by atoms with Crippen LogP contribution in [0.4, 0.5) is 0 Å². The predicted molar refractivity (Wildman–Crippen MR) is 350 cm³/mol. The van der Waals surface area contributed by atoms with Crippen LogP contribution in [0.1, 0.15) is 212 Å². The quantitative estimate of drug-likeness (QED) is 0.0317. The summed E-state index contributed by atoms with van der Waals surface area (Å²) in [5.41, 5.74) is -0.468. The number of nitrogens with one attached hydrogen (secondary N) is 4. The normalized spacial score (nSPS) is 14.9. The molecule has 0 aromatic heterocycles. The molecule has 4 fully saturated rings. The second-order valence-electron chi connectivity index (χ2n) is 25.2. The number of amides is 12. The first kappa shape index (κ1) is 86.3. The predicted octanol–water partition coefficient (Wildman–Crippen LogP) is 1.71. The molecule has 0 aromatic carbocycles. The maximum absolute atomic E-state index is 12.1. The molecular weight excluding hydrogens is 1300 g/mol. The second-order valence-corrected chi connectivity index (χ2v) is 25.2. The summed E-state index contributed by atoms with van der Waals surface area (Å²) in [4.78, 5) is 177. The van der Waals surface area contributed by atoms with E-state index < -0.39 is 35.6 Å². The highest BCUT2D eigenvalue weighted by Gasteiger charge is 2.36. The Morgan fingerprint density at radius 1 is 0.313 bits per heavy atom. The van der Waals surface area contributed by atoms with Crippen LogP contribution < -0.4 is 21.3 Å². The molecule has 8 N–H and O–H groups in total. The Hall–Kier alpha value is -6.94. The van der Waals surface area contributed by atoms with Gasteiger partial charge in [0.05, 0.1) is 26.4 Å². The summed E-state index contributed by atoms with van der Waals surface area (Å²) in [7, 11) is 0. The van der Waals surface area contributed by atoms with E-state index in [4.69, 9.17) is 28.6 Å². The van der Waals surface area contributed by atoms with Gasteiger partial charge >= 0.3 is 11.9 Å². The zero-order chi connectivity index (χ0) is 72.5. The fourth-order valence-electron chi connectivity index (χ4n) is 11.6. The molecule has 0 bridgehead atoms. The molecule has 4 rings (SSSR count). The van der Waals surface area contributed by atoms with Crippen molar-refractivity contribution >= 4 is 82.8 Å². The van der Waals surface area contributed by atoms with Crippen LogP contribution in [-0.2, 0) is 95.7 Å². The first-order valence-electron chi connectivity index (χ1n) is 35.3. The van der Waals surface area contributed by atoms with E-state index in [1.54, 1.807) is 0 Å². The van der Waals surface area contributed by atoms with Crippen LogP contribution in [0.25, 0.3) is 0 Å². The standard InChI is InChI=1S/C35H56N4O14.C32H54N4O10/c40-21-5-16-35(17-6-22-41,18-7-24-50-25-20-37-28(43)9-4-11-34(49)53-39-31(46)14-15-32(39)47)26-51-23-2-1-19-36-27(42)8-3-10-33(48)52-38-29(44)12-13-30(38)45;37-20-4-13-32(14-5-21-38,15-6-23-45-24-17-34-27(40)12-19-36-30(43)10-11-31(36)44)25-46-22-2-1-16-33-26(39)7-3-18-35-28(41)8-9-29(35)42/h40-41H,1-26H2,(H,36,42)(H,37,43);37-38H,1-25H2,(H,33,39)(H,34,40). The van der Waals surface area contributed by atoms with E-state index in [-0.39, 0.29) is 213 Å². The van der Waals surface area contributed by atoms with Gasteiger partial charge in [0, 0.05) is 182 Å². The fraction of sp³-hybridized carbons (Fsp3) is 0.791. The zero-order valence-corrected chi connectivity index (χ0v) is 57.8. The van der Waals surface area contributed by atoms with E-state index in [1.165, 1.54) is 4.90 Å². The van der Waals surface area contributed by atoms with Crippen molar-refractivity contribution in [3.63, 3.8) is 0 Å². The topological polar surface area (TPSA) is 436 Å². The number of aliphatic hydroxyl groups excluding tert-OH is 4. The summed E-state index contributed by atoms with van der Waals surface area (Å²) in [6, 6.07) is 0. The van der Waals surface area contributed by atoms with Crippen molar-refractivity contribution in [2.75, 3.05) is 119 Å². The number of likely N-dealkylation sites (tertiary alicyclic amines) is 2. The highest BCUT2D eigenvalue weighted by molar-refractivity contribution is 6.03. The minimum Gasteiger partial charge on any atom is -0.396 e. The molecule has 4 aliphatic rings. The molecule has 32 nitrogen and oxygen atoms in total. The number of hydrogen-bond acceptors (Lipinski definition) is 24. The van der Waals surface area contributed by atoms with E-state index in [2.05, 4.69) is 21.3 Å². The number of aliphatic hydroxyl groups is 4. The van der Waals surface area contributed by atoms with Gasteiger partial charge in [-0.1, -0.05) is 0 Å². The summed E-state index contributed by atoms with van der Waals surface area (Å²) in [6.07, 6.45) is 13.4. The molecule has 99 heavy (non-hydrogen) atoms. The number of hydrogen-bond donors (Lipinski definition) is 8. The average Bonchev–Trinajstić information content (AvgIpc) is 1.89. The minimum absolute atomic E-state index is 0.0114. The maximum atomic E-state index is 12.1. The van der Waals surface area contributed by atoms with Gasteiger partial charge in [-0.25, -0.2) is 9.59 Å². The number of imide groups is 4. The lowest BCUT2D eigenvalue weighted by molar-refractivity contribution is -0.197. The van der Waals surface area contributed by atoms with E-state index >= 15 is 0 Å². The van der Waals surface area contributed by atoms with Crippen molar-refractivity contribution < 1.29 is 116 Å². The smallest absolute Gasteiger partial charge is 0.333 e. The van der Waals surface area contributed by atoms with Crippen LogP contribution in [0.5, 0.6) is 0 Å². The number of nitrogens with zero attached hydrogens (tertiary/aromatic N) is 4. The van der Waals surface area contributed by atoms with Crippen LogP contribution in [0, 0.1) is 10.8 Å². The van der Waals surface area contributed by atoms with Crippen molar-refractivity contribution in [1.29, 1.82) is 0 Å². The van der Waals surface area contributed by atoms with Crippen LogP contribution in [-0.4, -0.2) is 242 Å². The minimum atomic E-state index is -0.752. The Balaban J connectivity index is 0.000000520.